The molecule has 0 aliphatic carbocycles. The normalized spacial score (nSPS) is 14.5. The van der Waals surface area contributed by atoms with Crippen molar-refractivity contribution in [2.24, 2.45) is 0 Å². The molecule has 1 aliphatic heterocycles. The van der Waals surface area contributed by atoms with E-state index >= 15 is 0 Å². The van der Waals surface area contributed by atoms with Gasteiger partial charge in [-0.1, -0.05) is 60.7 Å². The molecule has 2 aromatic rings. The lowest BCUT2D eigenvalue weighted by Crippen LogP contribution is -2.61. The lowest BCUT2D eigenvalue weighted by atomic mass is 9.96. The van der Waals surface area contributed by atoms with Crippen LogP contribution in [0.3, 0.4) is 0 Å². The topological polar surface area (TPSA) is 112 Å². The van der Waals surface area contributed by atoms with Crippen LogP contribution in [-0.2, 0) is 37.0 Å². The molecule has 2 aromatic carbocycles. The van der Waals surface area contributed by atoms with Gasteiger partial charge in [-0.15, -0.1) is 0 Å². The summed E-state index contributed by atoms with van der Waals surface area (Å²) in [6, 6.07) is 18.3. The first kappa shape index (κ1) is 22.8. The second-order valence-electron chi connectivity index (χ2n) is 7.07. The predicted octanol–water partition coefficient (Wildman–Crippen LogP) is 2.67. The highest BCUT2D eigenvalue weighted by Crippen LogP contribution is 2.21. The van der Waals surface area contributed by atoms with E-state index in [1.807, 2.05) is 48.5 Å². The van der Waals surface area contributed by atoms with Crippen LogP contribution in [0.1, 0.15) is 11.1 Å². The van der Waals surface area contributed by atoms with Crippen molar-refractivity contribution in [3.8, 4) is 0 Å². The van der Waals surface area contributed by atoms with Crippen molar-refractivity contribution >= 4 is 18.2 Å². The lowest BCUT2D eigenvalue weighted by Gasteiger charge is -2.39. The van der Waals surface area contributed by atoms with Gasteiger partial charge in [0.25, 0.3) is 0 Å². The zero-order valence-corrected chi connectivity index (χ0v) is 17.5. The van der Waals surface area contributed by atoms with Crippen LogP contribution < -0.4 is 10.6 Å². The van der Waals surface area contributed by atoms with Crippen molar-refractivity contribution < 1.29 is 33.3 Å². The summed E-state index contributed by atoms with van der Waals surface area (Å²) in [5.41, 5.74) is 0.398. The molecule has 9 nitrogen and oxygen atoms in total. The molecular formula is C23H24N2O7. The second-order valence-corrected chi connectivity index (χ2v) is 7.07. The second kappa shape index (κ2) is 11.0. The summed E-state index contributed by atoms with van der Waals surface area (Å²) in [5.74, 6) is -0.799. The van der Waals surface area contributed by atoms with Gasteiger partial charge in [-0.3, -0.25) is 5.32 Å². The lowest BCUT2D eigenvalue weighted by molar-refractivity contribution is -0.136. The fraction of sp³-hybridized carbons (Fsp3) is 0.261. The Morgan fingerprint density at radius 3 is 1.91 bits per heavy atom. The van der Waals surface area contributed by atoms with Gasteiger partial charge >= 0.3 is 18.2 Å². The van der Waals surface area contributed by atoms with E-state index in [1.165, 1.54) is 13.2 Å². The maximum absolute atomic E-state index is 12.3. The van der Waals surface area contributed by atoms with Gasteiger partial charge in [0.1, 0.15) is 24.4 Å². The Morgan fingerprint density at radius 1 is 0.906 bits per heavy atom. The Bertz CT molecular complexity index is 957. The number of ether oxygens (including phenoxy) is 4. The molecule has 0 bridgehead atoms. The molecular weight excluding hydrogens is 416 g/mol. The summed E-state index contributed by atoms with van der Waals surface area (Å²) in [6.07, 6.45) is -0.160. The third-order valence-electron chi connectivity index (χ3n) is 4.56. The highest BCUT2D eigenvalue weighted by Gasteiger charge is 2.40. The molecule has 1 heterocycles. The number of alkyl carbamates (subject to hydrolysis) is 2. The molecule has 1 fully saturated rings. The van der Waals surface area contributed by atoms with Crippen molar-refractivity contribution in [3.05, 3.63) is 83.6 Å². The highest BCUT2D eigenvalue weighted by atomic mass is 16.6. The Labute approximate surface area is 185 Å². The molecule has 0 aromatic heterocycles. The number of carbonyl (C=O) groups is 3. The molecule has 0 radical (unpaired) electrons. The van der Waals surface area contributed by atoms with E-state index in [0.29, 0.717) is 0 Å². The van der Waals surface area contributed by atoms with E-state index < -0.39 is 23.7 Å². The van der Waals surface area contributed by atoms with Crippen molar-refractivity contribution in [2.45, 2.75) is 18.8 Å². The highest BCUT2D eigenvalue weighted by molar-refractivity contribution is 5.92. The summed E-state index contributed by atoms with van der Waals surface area (Å²) < 4.78 is 20.3. The molecule has 2 amide bonds. The molecule has 9 heteroatoms. The average molecular weight is 440 g/mol. The van der Waals surface area contributed by atoms with Gasteiger partial charge in [0.2, 0.25) is 0 Å². The maximum atomic E-state index is 12.3. The summed E-state index contributed by atoms with van der Waals surface area (Å²) >= 11 is 0. The minimum atomic E-state index is -1.04. The van der Waals surface area contributed by atoms with E-state index in [2.05, 4.69) is 10.6 Å². The van der Waals surface area contributed by atoms with E-state index in [0.717, 1.165) is 11.1 Å². The van der Waals surface area contributed by atoms with E-state index in [1.54, 1.807) is 12.1 Å². The van der Waals surface area contributed by atoms with Gasteiger partial charge in [0, 0.05) is 0 Å². The average Bonchev–Trinajstić information content (AvgIpc) is 2.80. The third kappa shape index (κ3) is 6.58. The zero-order chi connectivity index (χ0) is 22.8. The van der Waals surface area contributed by atoms with Crippen LogP contribution in [0.4, 0.5) is 9.59 Å². The van der Waals surface area contributed by atoms with Crippen molar-refractivity contribution in [1.82, 2.24) is 10.6 Å². The fourth-order valence-electron chi connectivity index (χ4n) is 2.88. The molecule has 0 atom stereocenters. The zero-order valence-electron chi connectivity index (χ0n) is 17.5. The van der Waals surface area contributed by atoms with E-state index in [9.17, 15) is 14.4 Å². The van der Waals surface area contributed by atoms with Crippen LogP contribution in [0.5, 0.6) is 0 Å². The van der Waals surface area contributed by atoms with Crippen LogP contribution in [0, 0.1) is 0 Å². The number of carbonyl (C=O) groups excluding carboxylic acids is 3. The van der Waals surface area contributed by atoms with Gasteiger partial charge in [0.15, 0.2) is 0 Å². The fourth-order valence-corrected chi connectivity index (χ4v) is 2.88. The largest absolute Gasteiger partial charge is 0.464 e. The summed E-state index contributed by atoms with van der Waals surface area (Å²) in [4.78, 5) is 36.7. The van der Waals surface area contributed by atoms with Gasteiger partial charge in [-0.05, 0) is 17.2 Å². The molecule has 1 saturated heterocycles. The molecule has 1 aliphatic rings. The van der Waals surface area contributed by atoms with Gasteiger partial charge in [0.05, 0.1) is 20.3 Å². The van der Waals surface area contributed by atoms with Crippen LogP contribution in [0.2, 0.25) is 0 Å². The first-order valence-corrected chi connectivity index (χ1v) is 9.85. The van der Waals surface area contributed by atoms with Gasteiger partial charge < -0.3 is 24.3 Å². The Hall–Kier alpha value is -3.85. The number of rotatable bonds is 8. The molecule has 3 rings (SSSR count). The van der Waals surface area contributed by atoms with Crippen LogP contribution in [0.25, 0.3) is 0 Å². The molecule has 168 valence electrons. The van der Waals surface area contributed by atoms with E-state index in [-0.39, 0.29) is 32.1 Å². The Morgan fingerprint density at radius 2 is 1.44 bits per heavy atom. The number of hydrogen-bond donors (Lipinski definition) is 2. The monoisotopic (exact) mass is 440 g/mol. The molecule has 2 N–H and O–H groups in total. The maximum Gasteiger partial charge on any atom is 0.412 e. The minimum Gasteiger partial charge on any atom is -0.464 e. The SMILES string of the molecule is COC(=O)/C(=C/C1(NC(=O)OCc2ccccc2)COC1)NC(=O)OCc1ccccc1. The number of methoxy groups -OCH3 is 1. The van der Waals surface area contributed by atoms with Crippen molar-refractivity contribution in [2.75, 3.05) is 20.3 Å². The van der Waals surface area contributed by atoms with Crippen LogP contribution in [-0.4, -0.2) is 44.0 Å². The smallest absolute Gasteiger partial charge is 0.412 e. The van der Waals surface area contributed by atoms with Crippen molar-refractivity contribution in [3.63, 3.8) is 0 Å². The quantitative estimate of drug-likeness (QED) is 0.369. The standard InChI is InChI=1S/C23H24N2O7/c1-29-20(26)19(24-21(27)31-13-17-8-4-2-5-9-17)12-23(15-30-16-23)25-22(28)32-14-18-10-6-3-7-11-18/h2-12H,13-16H2,1H3,(H,24,27)(H,25,28)/b19-12-. The molecule has 32 heavy (non-hydrogen) atoms. The van der Waals surface area contributed by atoms with Crippen LogP contribution in [0.15, 0.2) is 72.4 Å². The molecule has 0 saturated carbocycles. The first-order valence-electron chi connectivity index (χ1n) is 9.85. The number of hydrogen-bond acceptors (Lipinski definition) is 7. The number of esters is 1. The predicted molar refractivity (Wildman–Crippen MR) is 113 cm³/mol. The van der Waals surface area contributed by atoms with Gasteiger partial charge in [-0.25, -0.2) is 14.4 Å². The van der Waals surface area contributed by atoms with Crippen molar-refractivity contribution in [1.29, 1.82) is 0 Å². The third-order valence-corrected chi connectivity index (χ3v) is 4.56. The molecule has 0 spiro atoms. The number of amides is 2. The van der Waals surface area contributed by atoms with Crippen LogP contribution >= 0.6 is 0 Å². The van der Waals surface area contributed by atoms with Gasteiger partial charge in [-0.2, -0.15) is 0 Å². The summed E-state index contributed by atoms with van der Waals surface area (Å²) in [7, 11) is 1.18. The molecule has 0 unspecified atom stereocenters. The first-order chi connectivity index (χ1) is 15.5. The summed E-state index contributed by atoms with van der Waals surface area (Å²) in [5, 5.41) is 5.05. The Balaban J connectivity index is 1.61. The number of benzene rings is 2. The Kier molecular flexibility index (Phi) is 7.82. The summed E-state index contributed by atoms with van der Waals surface area (Å²) in [6.45, 7) is 0.296. The number of nitrogens with one attached hydrogen (secondary N) is 2. The minimum absolute atomic E-state index is 0.0272. The van der Waals surface area contributed by atoms with E-state index in [4.69, 9.17) is 18.9 Å².